The van der Waals surface area contributed by atoms with E-state index in [1.807, 2.05) is 24.3 Å². The number of benzene rings is 1. The second-order valence-electron chi connectivity index (χ2n) is 5.58. The highest BCUT2D eigenvalue weighted by Crippen LogP contribution is 2.15. The molecule has 3 heteroatoms. The van der Waals surface area contributed by atoms with Gasteiger partial charge in [-0.3, -0.25) is 4.79 Å². The van der Waals surface area contributed by atoms with E-state index < -0.39 is 0 Å². The molecule has 106 valence electrons. The highest BCUT2D eigenvalue weighted by Gasteiger charge is 2.16. The van der Waals surface area contributed by atoms with Crippen LogP contribution >= 0.6 is 11.6 Å². The fourth-order valence-corrected chi connectivity index (χ4v) is 2.20. The van der Waals surface area contributed by atoms with Crippen LogP contribution in [-0.4, -0.2) is 17.8 Å². The highest BCUT2D eigenvalue weighted by molar-refractivity contribution is 6.17. The minimum absolute atomic E-state index is 0.0147. The lowest BCUT2D eigenvalue weighted by atomic mass is 9.99. The summed E-state index contributed by atoms with van der Waals surface area (Å²) in [5.41, 5.74) is 1.96. The number of alkyl halides is 1. The Morgan fingerprint density at radius 2 is 1.74 bits per heavy atom. The number of nitrogens with one attached hydrogen (secondary N) is 1. The van der Waals surface area contributed by atoms with Crippen LogP contribution in [0.3, 0.4) is 0 Å². The van der Waals surface area contributed by atoms with Crippen LogP contribution in [0.25, 0.3) is 0 Å². The van der Waals surface area contributed by atoms with Crippen LogP contribution in [0.1, 0.15) is 56.0 Å². The van der Waals surface area contributed by atoms with Crippen LogP contribution in [0.4, 0.5) is 0 Å². The lowest BCUT2D eigenvalue weighted by Gasteiger charge is -2.21. The summed E-state index contributed by atoms with van der Waals surface area (Å²) in [7, 11) is 0. The van der Waals surface area contributed by atoms with Gasteiger partial charge < -0.3 is 5.32 Å². The third kappa shape index (κ3) is 4.87. The molecule has 1 aromatic carbocycles. The van der Waals surface area contributed by atoms with Crippen molar-refractivity contribution in [1.82, 2.24) is 5.32 Å². The lowest BCUT2D eigenvalue weighted by Crippen LogP contribution is -2.38. The van der Waals surface area contributed by atoms with E-state index in [4.69, 9.17) is 11.6 Å². The first-order chi connectivity index (χ1) is 8.95. The molecule has 0 aliphatic carbocycles. The lowest BCUT2D eigenvalue weighted by molar-refractivity contribution is 0.0925. The van der Waals surface area contributed by atoms with Crippen molar-refractivity contribution in [2.45, 2.75) is 46.1 Å². The molecule has 0 aromatic heterocycles. The Balaban J connectivity index is 2.71. The molecule has 1 amide bonds. The van der Waals surface area contributed by atoms with Gasteiger partial charge in [-0.2, -0.15) is 0 Å². The zero-order valence-corrected chi connectivity index (χ0v) is 13.0. The van der Waals surface area contributed by atoms with Gasteiger partial charge in [-0.1, -0.05) is 39.8 Å². The monoisotopic (exact) mass is 281 g/mol. The van der Waals surface area contributed by atoms with Gasteiger partial charge >= 0.3 is 0 Å². The molecule has 1 N–H and O–H groups in total. The second kappa shape index (κ2) is 7.54. The van der Waals surface area contributed by atoms with Gasteiger partial charge in [0.05, 0.1) is 0 Å². The number of carbonyl (C=O) groups is 1. The normalized spacial score (nSPS) is 12.8. The van der Waals surface area contributed by atoms with Crippen LogP contribution < -0.4 is 5.32 Å². The molecule has 1 aromatic rings. The molecule has 0 radical (unpaired) electrons. The standard InChI is InChI=1S/C16H24ClNO/c1-11(2)13-5-7-14(8-6-13)16(19)18-15(9-10-17)12(3)4/h5-8,11-12,15H,9-10H2,1-4H3,(H,18,19). The highest BCUT2D eigenvalue weighted by atomic mass is 35.5. The predicted molar refractivity (Wildman–Crippen MR) is 82.0 cm³/mol. The zero-order chi connectivity index (χ0) is 14.4. The van der Waals surface area contributed by atoms with E-state index in [0.717, 1.165) is 6.42 Å². The Hall–Kier alpha value is -1.02. The summed E-state index contributed by atoms with van der Waals surface area (Å²) < 4.78 is 0. The first-order valence-electron chi connectivity index (χ1n) is 6.92. The summed E-state index contributed by atoms with van der Waals surface area (Å²) in [5.74, 6) is 1.42. The number of amides is 1. The van der Waals surface area contributed by atoms with Gasteiger partial charge in [0.2, 0.25) is 0 Å². The van der Waals surface area contributed by atoms with Crippen LogP contribution in [-0.2, 0) is 0 Å². The number of hydrogen-bond donors (Lipinski definition) is 1. The molecule has 0 heterocycles. The first-order valence-corrected chi connectivity index (χ1v) is 7.46. The maximum absolute atomic E-state index is 12.2. The Bertz CT molecular complexity index is 398. The van der Waals surface area contributed by atoms with E-state index in [1.165, 1.54) is 5.56 Å². The molecule has 1 rings (SSSR count). The van der Waals surface area contributed by atoms with Crippen LogP contribution in [0.2, 0.25) is 0 Å². The van der Waals surface area contributed by atoms with Crippen LogP contribution in [0, 0.1) is 5.92 Å². The third-order valence-electron chi connectivity index (χ3n) is 3.38. The number of halogens is 1. The summed E-state index contributed by atoms with van der Waals surface area (Å²) >= 11 is 5.77. The fourth-order valence-electron chi connectivity index (χ4n) is 1.96. The molecule has 0 aliphatic heterocycles. The van der Waals surface area contributed by atoms with Crippen LogP contribution in [0.5, 0.6) is 0 Å². The molecule has 19 heavy (non-hydrogen) atoms. The Morgan fingerprint density at radius 1 is 1.16 bits per heavy atom. The molecule has 0 spiro atoms. The number of hydrogen-bond acceptors (Lipinski definition) is 1. The van der Waals surface area contributed by atoms with E-state index in [0.29, 0.717) is 23.3 Å². The molecule has 0 bridgehead atoms. The smallest absolute Gasteiger partial charge is 0.251 e. The average Bonchev–Trinajstić information content (AvgIpc) is 2.38. The van der Waals surface area contributed by atoms with E-state index >= 15 is 0 Å². The molecular weight excluding hydrogens is 258 g/mol. The van der Waals surface area contributed by atoms with E-state index in [-0.39, 0.29) is 11.9 Å². The van der Waals surface area contributed by atoms with E-state index in [2.05, 4.69) is 33.0 Å². The molecule has 1 unspecified atom stereocenters. The predicted octanol–water partition coefficient (Wildman–Crippen LogP) is 4.19. The molecule has 0 fully saturated rings. The maximum Gasteiger partial charge on any atom is 0.251 e. The van der Waals surface area contributed by atoms with E-state index in [1.54, 1.807) is 0 Å². The Kier molecular flexibility index (Phi) is 6.36. The van der Waals surface area contributed by atoms with Gasteiger partial charge in [0.15, 0.2) is 0 Å². The molecule has 0 saturated heterocycles. The minimum Gasteiger partial charge on any atom is -0.349 e. The third-order valence-corrected chi connectivity index (χ3v) is 3.60. The quantitative estimate of drug-likeness (QED) is 0.778. The number of rotatable bonds is 6. The fraction of sp³-hybridized carbons (Fsp3) is 0.562. The average molecular weight is 282 g/mol. The second-order valence-corrected chi connectivity index (χ2v) is 5.96. The summed E-state index contributed by atoms with van der Waals surface area (Å²) in [4.78, 5) is 12.2. The van der Waals surface area contributed by atoms with Crippen molar-refractivity contribution >= 4 is 17.5 Å². The van der Waals surface area contributed by atoms with Crippen molar-refractivity contribution < 1.29 is 4.79 Å². The SMILES string of the molecule is CC(C)c1ccc(C(=O)NC(CCCl)C(C)C)cc1. The summed E-state index contributed by atoms with van der Waals surface area (Å²) in [6, 6.07) is 7.96. The van der Waals surface area contributed by atoms with Crippen molar-refractivity contribution in [3.63, 3.8) is 0 Å². The molecule has 0 saturated carbocycles. The van der Waals surface area contributed by atoms with Crippen molar-refractivity contribution in [3.8, 4) is 0 Å². The largest absolute Gasteiger partial charge is 0.349 e. The molecule has 0 aliphatic rings. The topological polar surface area (TPSA) is 29.1 Å². The van der Waals surface area contributed by atoms with Crippen molar-refractivity contribution in [2.75, 3.05) is 5.88 Å². The summed E-state index contributed by atoms with van der Waals surface area (Å²) in [5, 5.41) is 3.06. The van der Waals surface area contributed by atoms with Gasteiger partial charge in [-0.05, 0) is 36.0 Å². The van der Waals surface area contributed by atoms with Crippen LogP contribution in [0.15, 0.2) is 24.3 Å². The van der Waals surface area contributed by atoms with Crippen molar-refractivity contribution in [2.24, 2.45) is 5.92 Å². The minimum atomic E-state index is -0.0147. The van der Waals surface area contributed by atoms with Gasteiger partial charge in [0.1, 0.15) is 0 Å². The Morgan fingerprint density at radius 3 is 2.16 bits per heavy atom. The van der Waals surface area contributed by atoms with Gasteiger partial charge in [-0.15, -0.1) is 11.6 Å². The zero-order valence-electron chi connectivity index (χ0n) is 12.2. The number of carbonyl (C=O) groups excluding carboxylic acids is 1. The Labute approximate surface area is 121 Å². The van der Waals surface area contributed by atoms with Crippen molar-refractivity contribution in [3.05, 3.63) is 35.4 Å². The first kappa shape index (κ1) is 16.0. The van der Waals surface area contributed by atoms with Gasteiger partial charge in [-0.25, -0.2) is 0 Å². The van der Waals surface area contributed by atoms with Gasteiger partial charge in [0, 0.05) is 17.5 Å². The molecule has 1 atom stereocenters. The summed E-state index contributed by atoms with van der Waals surface area (Å²) in [6.45, 7) is 8.48. The molecular formula is C16H24ClNO. The van der Waals surface area contributed by atoms with Crippen molar-refractivity contribution in [1.29, 1.82) is 0 Å². The summed E-state index contributed by atoms with van der Waals surface area (Å²) in [6.07, 6.45) is 0.801. The van der Waals surface area contributed by atoms with Gasteiger partial charge in [0.25, 0.3) is 5.91 Å². The molecule has 2 nitrogen and oxygen atoms in total. The maximum atomic E-state index is 12.2. The van der Waals surface area contributed by atoms with E-state index in [9.17, 15) is 4.79 Å².